The van der Waals surface area contributed by atoms with Crippen molar-refractivity contribution in [1.82, 2.24) is 15.1 Å². The Bertz CT molecular complexity index is 634. The van der Waals surface area contributed by atoms with Crippen LogP contribution in [0.5, 0.6) is 0 Å². The van der Waals surface area contributed by atoms with Gasteiger partial charge in [-0.1, -0.05) is 30.3 Å². The van der Waals surface area contributed by atoms with Crippen molar-refractivity contribution in [3.63, 3.8) is 0 Å². The second-order valence-corrected chi connectivity index (χ2v) is 8.33. The largest absolute Gasteiger partial charge is 0.375 e. The third-order valence-corrected chi connectivity index (χ3v) is 6.76. The van der Waals surface area contributed by atoms with Gasteiger partial charge in [-0.05, 0) is 57.2 Å². The minimum Gasteiger partial charge on any atom is -0.375 e. The topological polar surface area (TPSA) is 44.8 Å². The molecule has 0 radical (unpaired) electrons. The average Bonchev–Trinajstić information content (AvgIpc) is 3.22. The van der Waals surface area contributed by atoms with Gasteiger partial charge in [0.15, 0.2) is 0 Å². The first-order chi connectivity index (χ1) is 12.8. The standard InChI is InChI=1S/C21H29N3O2/c25-21-23(17-12-18-6-7-19(13-17)26-18)14-20(15-4-2-1-3-5-15)24(21)16-8-10-22-11-9-16/h1-5,16-20,22H,6-14H2/t17?,18-,19?,20?/m1/s1. The van der Waals surface area contributed by atoms with Gasteiger partial charge in [-0.15, -0.1) is 0 Å². The molecule has 1 aromatic rings. The van der Waals surface area contributed by atoms with Crippen molar-refractivity contribution in [3.8, 4) is 0 Å². The third kappa shape index (κ3) is 2.91. The Kier molecular flexibility index (Phi) is 4.37. The molecule has 0 aromatic heterocycles. The molecule has 2 amide bonds. The molecule has 4 heterocycles. The molecule has 4 aliphatic heterocycles. The van der Waals surface area contributed by atoms with E-state index in [1.54, 1.807) is 0 Å². The lowest BCUT2D eigenvalue weighted by molar-refractivity contribution is -0.0258. The summed E-state index contributed by atoms with van der Waals surface area (Å²) in [6.45, 7) is 2.85. The molecule has 140 valence electrons. The predicted octanol–water partition coefficient (Wildman–Crippen LogP) is 2.93. The summed E-state index contributed by atoms with van der Waals surface area (Å²) >= 11 is 0. The molecule has 4 fully saturated rings. The molecule has 0 saturated carbocycles. The van der Waals surface area contributed by atoms with E-state index < -0.39 is 0 Å². The maximum absolute atomic E-state index is 13.5. The number of urea groups is 1. The first kappa shape index (κ1) is 16.6. The van der Waals surface area contributed by atoms with Crippen molar-refractivity contribution in [2.24, 2.45) is 0 Å². The highest BCUT2D eigenvalue weighted by Crippen LogP contribution is 2.40. The zero-order valence-electron chi connectivity index (χ0n) is 15.3. The van der Waals surface area contributed by atoms with Crippen LogP contribution in [0.1, 0.15) is 50.1 Å². The molecule has 5 nitrogen and oxygen atoms in total. The fourth-order valence-electron chi connectivity index (χ4n) is 5.46. The van der Waals surface area contributed by atoms with E-state index in [4.69, 9.17) is 4.74 Å². The van der Waals surface area contributed by atoms with Gasteiger partial charge in [-0.25, -0.2) is 4.79 Å². The van der Waals surface area contributed by atoms with Crippen LogP contribution < -0.4 is 5.32 Å². The van der Waals surface area contributed by atoms with Gasteiger partial charge in [0, 0.05) is 18.6 Å². The molecule has 0 spiro atoms. The lowest BCUT2D eigenvalue weighted by Gasteiger charge is -2.37. The second-order valence-electron chi connectivity index (χ2n) is 8.33. The highest BCUT2D eigenvalue weighted by molar-refractivity contribution is 5.78. The Hall–Kier alpha value is -1.59. The molecule has 1 aromatic carbocycles. The maximum atomic E-state index is 13.5. The number of piperidine rings is 1. The Morgan fingerprint density at radius 1 is 0.923 bits per heavy atom. The van der Waals surface area contributed by atoms with E-state index in [0.29, 0.717) is 24.3 Å². The molecule has 4 atom stereocenters. The van der Waals surface area contributed by atoms with Crippen LogP contribution in [0.4, 0.5) is 4.79 Å². The van der Waals surface area contributed by atoms with E-state index in [9.17, 15) is 4.79 Å². The molecule has 5 heteroatoms. The Labute approximate surface area is 155 Å². The number of carbonyl (C=O) groups is 1. The lowest BCUT2D eigenvalue weighted by Crippen LogP contribution is -2.48. The summed E-state index contributed by atoms with van der Waals surface area (Å²) in [6.07, 6.45) is 7.23. The summed E-state index contributed by atoms with van der Waals surface area (Å²) in [7, 11) is 0. The van der Waals surface area contributed by atoms with Crippen LogP contribution in [0.15, 0.2) is 30.3 Å². The van der Waals surface area contributed by atoms with Crippen LogP contribution in [-0.2, 0) is 4.74 Å². The highest BCUT2D eigenvalue weighted by atomic mass is 16.5. The Morgan fingerprint density at radius 2 is 1.62 bits per heavy atom. The first-order valence-electron chi connectivity index (χ1n) is 10.3. The molecular weight excluding hydrogens is 326 g/mol. The van der Waals surface area contributed by atoms with Crippen molar-refractivity contribution in [2.45, 2.75) is 68.9 Å². The van der Waals surface area contributed by atoms with Crippen molar-refractivity contribution < 1.29 is 9.53 Å². The lowest BCUT2D eigenvalue weighted by atomic mass is 9.99. The van der Waals surface area contributed by atoms with E-state index in [1.165, 1.54) is 18.4 Å². The molecular formula is C21H29N3O2. The summed E-state index contributed by atoms with van der Waals surface area (Å²) in [5.41, 5.74) is 1.27. The Balaban J connectivity index is 1.42. The molecule has 5 rings (SSSR count). The first-order valence-corrected chi connectivity index (χ1v) is 10.3. The van der Waals surface area contributed by atoms with Gasteiger partial charge in [0.1, 0.15) is 0 Å². The monoisotopic (exact) mass is 355 g/mol. The number of benzene rings is 1. The van der Waals surface area contributed by atoms with Gasteiger partial charge in [0.2, 0.25) is 0 Å². The zero-order valence-corrected chi connectivity index (χ0v) is 15.3. The summed E-state index contributed by atoms with van der Waals surface area (Å²) in [6, 6.07) is 11.8. The van der Waals surface area contributed by atoms with Crippen molar-refractivity contribution in [3.05, 3.63) is 35.9 Å². The smallest absolute Gasteiger partial charge is 0.321 e. The highest BCUT2D eigenvalue weighted by Gasteiger charge is 2.47. The SMILES string of the molecule is O=C1N(C2CC3CC[C@H](C2)O3)CC(c2ccccc2)N1C1CCNCC1. The van der Waals surface area contributed by atoms with Crippen LogP contribution >= 0.6 is 0 Å². The molecule has 3 unspecified atom stereocenters. The van der Waals surface area contributed by atoms with Gasteiger partial charge in [-0.3, -0.25) is 0 Å². The van der Waals surface area contributed by atoms with Gasteiger partial charge in [0.25, 0.3) is 0 Å². The van der Waals surface area contributed by atoms with Gasteiger partial charge in [-0.2, -0.15) is 0 Å². The summed E-state index contributed by atoms with van der Waals surface area (Å²) < 4.78 is 6.02. The quantitative estimate of drug-likeness (QED) is 0.907. The summed E-state index contributed by atoms with van der Waals surface area (Å²) in [5.74, 6) is 0. The van der Waals surface area contributed by atoms with Gasteiger partial charge >= 0.3 is 6.03 Å². The molecule has 26 heavy (non-hydrogen) atoms. The number of nitrogens with one attached hydrogen (secondary N) is 1. The molecule has 0 aliphatic carbocycles. The minimum absolute atomic E-state index is 0.187. The number of hydrogen-bond acceptors (Lipinski definition) is 3. The fourth-order valence-corrected chi connectivity index (χ4v) is 5.46. The normalized spacial score (nSPS) is 35.3. The number of fused-ring (bicyclic) bond motifs is 2. The fraction of sp³-hybridized carbons (Fsp3) is 0.667. The number of rotatable bonds is 3. The minimum atomic E-state index is 0.187. The summed E-state index contributed by atoms with van der Waals surface area (Å²) in [4.78, 5) is 17.9. The molecule has 4 saturated heterocycles. The van der Waals surface area contributed by atoms with Crippen LogP contribution in [0.25, 0.3) is 0 Å². The van der Waals surface area contributed by atoms with Crippen molar-refractivity contribution in [1.29, 1.82) is 0 Å². The van der Waals surface area contributed by atoms with Gasteiger partial charge in [0.05, 0.1) is 18.2 Å². The van der Waals surface area contributed by atoms with Crippen LogP contribution in [0, 0.1) is 0 Å². The van der Waals surface area contributed by atoms with Gasteiger partial charge < -0.3 is 19.9 Å². The van der Waals surface area contributed by atoms with Crippen LogP contribution in [0.2, 0.25) is 0 Å². The molecule has 4 aliphatic rings. The summed E-state index contributed by atoms with van der Waals surface area (Å²) in [5, 5.41) is 3.43. The second kappa shape index (κ2) is 6.86. The van der Waals surface area contributed by atoms with Crippen molar-refractivity contribution in [2.75, 3.05) is 19.6 Å². The third-order valence-electron chi connectivity index (χ3n) is 6.76. The van der Waals surface area contributed by atoms with E-state index in [1.807, 2.05) is 0 Å². The Morgan fingerprint density at radius 3 is 2.31 bits per heavy atom. The van der Waals surface area contributed by atoms with E-state index in [0.717, 1.165) is 45.3 Å². The molecule has 2 bridgehead atoms. The number of ether oxygens (including phenoxy) is 1. The maximum Gasteiger partial charge on any atom is 0.321 e. The number of carbonyl (C=O) groups excluding carboxylic acids is 1. The zero-order chi connectivity index (χ0) is 17.5. The van der Waals surface area contributed by atoms with Crippen LogP contribution in [0.3, 0.4) is 0 Å². The number of nitrogens with zero attached hydrogens (tertiary/aromatic N) is 2. The average molecular weight is 355 g/mol. The predicted molar refractivity (Wildman–Crippen MR) is 99.9 cm³/mol. The van der Waals surface area contributed by atoms with E-state index >= 15 is 0 Å². The van der Waals surface area contributed by atoms with E-state index in [2.05, 4.69) is 45.4 Å². The van der Waals surface area contributed by atoms with Crippen LogP contribution in [-0.4, -0.2) is 59.8 Å². The van der Waals surface area contributed by atoms with E-state index in [-0.39, 0.29) is 12.1 Å². The number of amides is 2. The number of hydrogen-bond donors (Lipinski definition) is 1. The molecule has 1 N–H and O–H groups in total. The van der Waals surface area contributed by atoms with Crippen molar-refractivity contribution >= 4 is 6.03 Å².